The first-order valence-electron chi connectivity index (χ1n) is 7.69. The molecule has 0 amide bonds. The van der Waals surface area contributed by atoms with Crippen molar-refractivity contribution in [3.63, 3.8) is 0 Å². The number of nitrogens with zero attached hydrogens (tertiary/aromatic N) is 2. The Morgan fingerprint density at radius 1 is 1.10 bits per heavy atom. The second-order valence-corrected chi connectivity index (χ2v) is 5.93. The first-order chi connectivity index (χ1) is 9.90. The maximum absolute atomic E-state index is 4.72. The molecule has 0 atom stereocenters. The van der Waals surface area contributed by atoms with E-state index in [0.29, 0.717) is 5.92 Å². The van der Waals surface area contributed by atoms with E-state index < -0.39 is 0 Å². The van der Waals surface area contributed by atoms with Crippen LogP contribution in [0.25, 0.3) is 11.4 Å². The molecule has 0 bridgehead atoms. The van der Waals surface area contributed by atoms with E-state index in [9.17, 15) is 0 Å². The predicted molar refractivity (Wildman–Crippen MR) is 79.8 cm³/mol. The van der Waals surface area contributed by atoms with Crippen molar-refractivity contribution in [1.29, 1.82) is 0 Å². The number of H-pyrrole nitrogens is 1. The Hall–Kier alpha value is -1.84. The number of anilines is 1. The zero-order chi connectivity index (χ0) is 13.4. The molecular formula is C16H20N4. The normalized spacial score (nSPS) is 18.8. The van der Waals surface area contributed by atoms with Crippen molar-refractivity contribution >= 4 is 5.69 Å². The lowest BCUT2D eigenvalue weighted by atomic mass is 10.0. The number of aromatic nitrogens is 3. The van der Waals surface area contributed by atoms with Gasteiger partial charge in [-0.1, -0.05) is 12.8 Å². The van der Waals surface area contributed by atoms with Crippen LogP contribution in [0.3, 0.4) is 0 Å². The van der Waals surface area contributed by atoms with Crippen molar-refractivity contribution < 1.29 is 0 Å². The Balaban J connectivity index is 1.63. The van der Waals surface area contributed by atoms with Gasteiger partial charge in [0.2, 0.25) is 0 Å². The minimum Gasteiger partial charge on any atom is -0.385 e. The molecule has 104 valence electrons. The molecular weight excluding hydrogens is 248 g/mol. The number of hydrogen-bond acceptors (Lipinski definition) is 3. The molecule has 0 spiro atoms. The van der Waals surface area contributed by atoms with Crippen LogP contribution in [0.4, 0.5) is 5.69 Å². The number of benzene rings is 1. The van der Waals surface area contributed by atoms with Gasteiger partial charge < -0.3 is 5.32 Å². The van der Waals surface area contributed by atoms with Gasteiger partial charge in [0, 0.05) is 23.7 Å². The molecule has 4 rings (SSSR count). The van der Waals surface area contributed by atoms with Gasteiger partial charge in [0.25, 0.3) is 0 Å². The van der Waals surface area contributed by atoms with Crippen LogP contribution in [0, 0.1) is 0 Å². The van der Waals surface area contributed by atoms with Gasteiger partial charge in [-0.2, -0.15) is 5.10 Å². The van der Waals surface area contributed by atoms with E-state index in [1.54, 1.807) is 0 Å². The van der Waals surface area contributed by atoms with Gasteiger partial charge in [0.1, 0.15) is 5.82 Å². The molecule has 1 saturated carbocycles. The van der Waals surface area contributed by atoms with Crippen LogP contribution in [-0.4, -0.2) is 21.7 Å². The van der Waals surface area contributed by atoms with Crippen LogP contribution in [0.2, 0.25) is 0 Å². The van der Waals surface area contributed by atoms with Crippen molar-refractivity contribution in [1.82, 2.24) is 15.2 Å². The number of fused-ring (bicyclic) bond motifs is 1. The quantitative estimate of drug-likeness (QED) is 0.876. The third kappa shape index (κ3) is 2.09. The van der Waals surface area contributed by atoms with E-state index in [0.717, 1.165) is 30.2 Å². The van der Waals surface area contributed by atoms with Crippen molar-refractivity contribution in [2.24, 2.45) is 0 Å². The van der Waals surface area contributed by atoms with Crippen LogP contribution >= 0.6 is 0 Å². The number of aromatic amines is 1. The average Bonchev–Trinajstić information content (AvgIpc) is 3.17. The number of hydrogen-bond donors (Lipinski definition) is 2. The standard InChI is InChI=1S/C16H20N4/c1-2-5-11(4-1)15-18-16(20-19-15)13-7-8-14-12(10-13)6-3-9-17-14/h7-8,10-11,17H,1-6,9H2,(H,18,19,20). The molecule has 1 aromatic heterocycles. The Morgan fingerprint density at radius 3 is 2.90 bits per heavy atom. The zero-order valence-electron chi connectivity index (χ0n) is 11.7. The maximum Gasteiger partial charge on any atom is 0.181 e. The molecule has 2 aliphatic rings. The third-order valence-electron chi connectivity index (χ3n) is 4.55. The first-order valence-corrected chi connectivity index (χ1v) is 7.69. The number of rotatable bonds is 2. The van der Waals surface area contributed by atoms with Gasteiger partial charge in [-0.15, -0.1) is 0 Å². The summed E-state index contributed by atoms with van der Waals surface area (Å²) in [6.07, 6.45) is 7.51. The first kappa shape index (κ1) is 11.9. The zero-order valence-corrected chi connectivity index (χ0v) is 11.7. The van der Waals surface area contributed by atoms with E-state index in [4.69, 9.17) is 4.98 Å². The fraction of sp³-hybridized carbons (Fsp3) is 0.500. The highest BCUT2D eigenvalue weighted by molar-refractivity contribution is 5.64. The van der Waals surface area contributed by atoms with Gasteiger partial charge in [-0.3, -0.25) is 5.10 Å². The SMILES string of the molecule is c1cc2c(cc1-c1n[nH]c(C3CCCC3)n1)CCCN2. The molecule has 1 aliphatic carbocycles. The lowest BCUT2D eigenvalue weighted by Crippen LogP contribution is -2.11. The van der Waals surface area contributed by atoms with Crippen molar-refractivity contribution in [2.75, 3.05) is 11.9 Å². The van der Waals surface area contributed by atoms with E-state index >= 15 is 0 Å². The summed E-state index contributed by atoms with van der Waals surface area (Å²) in [7, 11) is 0. The lowest BCUT2D eigenvalue weighted by molar-refractivity contribution is 0.672. The molecule has 1 fully saturated rings. The van der Waals surface area contributed by atoms with E-state index in [1.807, 2.05) is 0 Å². The highest BCUT2D eigenvalue weighted by Gasteiger charge is 2.21. The van der Waals surface area contributed by atoms with E-state index in [-0.39, 0.29) is 0 Å². The molecule has 2 N–H and O–H groups in total. The second kappa shape index (κ2) is 4.93. The highest BCUT2D eigenvalue weighted by atomic mass is 15.2. The van der Waals surface area contributed by atoms with E-state index in [1.165, 1.54) is 43.4 Å². The molecule has 0 radical (unpaired) electrons. The molecule has 1 aliphatic heterocycles. The Bertz CT molecular complexity index is 611. The molecule has 2 aromatic rings. The summed E-state index contributed by atoms with van der Waals surface area (Å²) < 4.78 is 0. The molecule has 1 aromatic carbocycles. The van der Waals surface area contributed by atoms with Crippen LogP contribution < -0.4 is 5.32 Å². The average molecular weight is 268 g/mol. The van der Waals surface area contributed by atoms with Gasteiger partial charge in [-0.25, -0.2) is 4.98 Å². The van der Waals surface area contributed by atoms with Crippen LogP contribution in [-0.2, 0) is 6.42 Å². The summed E-state index contributed by atoms with van der Waals surface area (Å²) in [4.78, 5) is 4.72. The molecule has 20 heavy (non-hydrogen) atoms. The highest BCUT2D eigenvalue weighted by Crippen LogP contribution is 2.33. The predicted octanol–water partition coefficient (Wildman–Crippen LogP) is 3.49. The summed E-state index contributed by atoms with van der Waals surface area (Å²) in [5, 5.41) is 11.0. The van der Waals surface area contributed by atoms with Gasteiger partial charge in [0.15, 0.2) is 5.82 Å². The fourth-order valence-electron chi connectivity index (χ4n) is 3.40. The topological polar surface area (TPSA) is 53.6 Å². The summed E-state index contributed by atoms with van der Waals surface area (Å²) >= 11 is 0. The summed E-state index contributed by atoms with van der Waals surface area (Å²) in [6, 6.07) is 6.53. The minimum atomic E-state index is 0.593. The Kier molecular flexibility index (Phi) is 2.94. The molecule has 2 heterocycles. The monoisotopic (exact) mass is 268 g/mol. The van der Waals surface area contributed by atoms with Crippen molar-refractivity contribution in [3.05, 3.63) is 29.6 Å². The van der Waals surface area contributed by atoms with Crippen LogP contribution in [0.1, 0.15) is 49.4 Å². The van der Waals surface area contributed by atoms with Gasteiger partial charge in [-0.05, 0) is 49.4 Å². The van der Waals surface area contributed by atoms with Crippen molar-refractivity contribution in [2.45, 2.75) is 44.4 Å². The summed E-state index contributed by atoms with van der Waals surface area (Å²) in [6.45, 7) is 1.08. The van der Waals surface area contributed by atoms with Crippen LogP contribution in [0.5, 0.6) is 0 Å². The van der Waals surface area contributed by atoms with E-state index in [2.05, 4.69) is 33.7 Å². The Labute approximate surface area is 119 Å². The molecule has 0 unspecified atom stereocenters. The van der Waals surface area contributed by atoms with Gasteiger partial charge >= 0.3 is 0 Å². The largest absolute Gasteiger partial charge is 0.385 e. The molecule has 0 saturated heterocycles. The molecule has 4 nitrogen and oxygen atoms in total. The molecule has 4 heteroatoms. The third-order valence-corrected chi connectivity index (χ3v) is 4.55. The van der Waals surface area contributed by atoms with Gasteiger partial charge in [0.05, 0.1) is 0 Å². The van der Waals surface area contributed by atoms with Crippen molar-refractivity contribution in [3.8, 4) is 11.4 Å². The summed E-state index contributed by atoms with van der Waals surface area (Å²) in [5.74, 6) is 2.52. The number of aryl methyl sites for hydroxylation is 1. The smallest absolute Gasteiger partial charge is 0.181 e. The number of nitrogens with one attached hydrogen (secondary N) is 2. The maximum atomic E-state index is 4.72. The minimum absolute atomic E-state index is 0.593. The lowest BCUT2D eigenvalue weighted by Gasteiger charge is -2.18. The Morgan fingerprint density at radius 2 is 2.00 bits per heavy atom. The van der Waals surface area contributed by atoms with Crippen LogP contribution in [0.15, 0.2) is 18.2 Å². The summed E-state index contributed by atoms with van der Waals surface area (Å²) in [5.41, 5.74) is 3.79. The fourth-order valence-corrected chi connectivity index (χ4v) is 3.40. The second-order valence-electron chi connectivity index (χ2n) is 5.93.